The van der Waals surface area contributed by atoms with Crippen molar-refractivity contribution >= 4 is 48.8 Å². The van der Waals surface area contributed by atoms with Crippen molar-refractivity contribution in [2.75, 3.05) is 16.4 Å². The van der Waals surface area contributed by atoms with E-state index in [2.05, 4.69) is 0 Å². The van der Waals surface area contributed by atoms with Crippen molar-refractivity contribution in [3.63, 3.8) is 0 Å². The van der Waals surface area contributed by atoms with Crippen LogP contribution >= 0.6 is 0 Å². The van der Waals surface area contributed by atoms with Gasteiger partial charge in [-0.3, -0.25) is 29.4 Å². The van der Waals surface area contributed by atoms with Crippen molar-refractivity contribution in [3.05, 3.63) is 129 Å². The third-order valence-electron chi connectivity index (χ3n) is 12.0. The summed E-state index contributed by atoms with van der Waals surface area (Å²) >= 11 is 0. The molecule has 0 unspecified atom stereocenters. The van der Waals surface area contributed by atoms with Crippen LogP contribution in [0, 0.1) is 16.0 Å². The van der Waals surface area contributed by atoms with Gasteiger partial charge >= 0.3 is 0 Å². The molecular weight excluding hydrogens is 717 g/mol. The van der Waals surface area contributed by atoms with E-state index < -0.39 is 48.4 Å². The quantitative estimate of drug-likeness (QED) is 0.128. The Kier molecular flexibility index (Phi) is 9.23. The van der Waals surface area contributed by atoms with Crippen molar-refractivity contribution in [1.82, 2.24) is 4.90 Å². The van der Waals surface area contributed by atoms with E-state index >= 15 is 4.79 Å². The Labute approximate surface area is 320 Å². The summed E-state index contributed by atoms with van der Waals surface area (Å²) in [4.78, 5) is 70.9. The van der Waals surface area contributed by atoms with Crippen LogP contribution in [0.1, 0.15) is 47.6 Å². The molecular formula is C42H44N4O8Si. The van der Waals surface area contributed by atoms with Gasteiger partial charge in [-0.2, -0.15) is 0 Å². The van der Waals surface area contributed by atoms with Gasteiger partial charge in [-0.25, -0.2) is 0 Å². The Morgan fingerprint density at radius 2 is 1.67 bits per heavy atom. The van der Waals surface area contributed by atoms with Crippen LogP contribution in [0.5, 0.6) is 0 Å². The van der Waals surface area contributed by atoms with Crippen molar-refractivity contribution in [3.8, 4) is 0 Å². The molecule has 1 fully saturated rings. The fourth-order valence-corrected chi connectivity index (χ4v) is 12.1. The van der Waals surface area contributed by atoms with Crippen LogP contribution in [0.2, 0.25) is 18.6 Å². The predicted molar refractivity (Wildman–Crippen MR) is 208 cm³/mol. The number of nitro groups is 1. The first kappa shape index (κ1) is 36.7. The second-order valence-electron chi connectivity index (χ2n) is 15.8. The summed E-state index contributed by atoms with van der Waals surface area (Å²) in [7, 11) is -3.18. The predicted octanol–water partition coefficient (Wildman–Crippen LogP) is 5.89. The number of carbonyl (C=O) groups excluding carboxylic acids is 3. The van der Waals surface area contributed by atoms with Crippen LogP contribution in [-0.4, -0.2) is 64.5 Å². The van der Waals surface area contributed by atoms with E-state index in [-0.39, 0.29) is 37.1 Å². The number of anilines is 3. The number of hydrogen-bond donors (Lipinski definition) is 2. The number of nitrogens with zero attached hydrogens (tertiary/aromatic N) is 4. The summed E-state index contributed by atoms with van der Waals surface area (Å²) in [6.07, 6.45) is 0.507. The zero-order valence-corrected chi connectivity index (χ0v) is 32.1. The number of aliphatic hydroxyl groups is 1. The summed E-state index contributed by atoms with van der Waals surface area (Å²) in [6, 6.07) is 26.9. The number of hydrogen-bond acceptors (Lipinski definition) is 8. The highest BCUT2D eigenvalue weighted by Crippen LogP contribution is 2.60. The highest BCUT2D eigenvalue weighted by Gasteiger charge is 2.67. The lowest BCUT2D eigenvalue weighted by Gasteiger charge is -2.37. The lowest BCUT2D eigenvalue weighted by Crippen LogP contribution is -2.48. The van der Waals surface area contributed by atoms with Gasteiger partial charge in [0.1, 0.15) is 0 Å². The Morgan fingerprint density at radius 1 is 0.945 bits per heavy atom. The second-order valence-corrected chi connectivity index (χ2v) is 19.7. The van der Waals surface area contributed by atoms with Crippen LogP contribution in [0.25, 0.3) is 0 Å². The topological polar surface area (TPSA) is 154 Å². The number of benzene rings is 4. The van der Waals surface area contributed by atoms with E-state index in [0.717, 1.165) is 27.9 Å². The van der Waals surface area contributed by atoms with Gasteiger partial charge in [-0.15, -0.1) is 0 Å². The van der Waals surface area contributed by atoms with Crippen molar-refractivity contribution < 1.29 is 33.9 Å². The van der Waals surface area contributed by atoms with E-state index in [1.807, 2.05) is 79.7 Å². The SMILES string of the molecule is C[C@@H]1[C@@H]([Si](C)(C)O)[C@H](CC(=O)N2Cc3ccccc3C[C@H]2CO)O[C@@]12C(=O)N(Cc1cccc(N3C(=O)CCc4ccccc43)c1)c1ccc([N+](=O)[O-])cc12. The average molecular weight is 761 g/mol. The molecule has 13 heteroatoms. The maximum absolute atomic E-state index is 15.1. The molecule has 0 aliphatic carbocycles. The van der Waals surface area contributed by atoms with Crippen LogP contribution in [0.4, 0.5) is 22.7 Å². The number of nitro benzene ring substituents is 1. The van der Waals surface area contributed by atoms with E-state index in [0.29, 0.717) is 42.7 Å². The van der Waals surface area contributed by atoms with E-state index in [1.165, 1.54) is 12.1 Å². The molecule has 0 saturated carbocycles. The molecule has 284 valence electrons. The van der Waals surface area contributed by atoms with Gasteiger partial charge in [0.25, 0.3) is 11.6 Å². The smallest absolute Gasteiger partial charge is 0.269 e. The number of rotatable bonds is 8. The number of carbonyl (C=O) groups is 3. The third kappa shape index (κ3) is 6.15. The largest absolute Gasteiger partial charge is 0.432 e. The Hall–Kier alpha value is -5.21. The monoisotopic (exact) mass is 760 g/mol. The first-order valence-electron chi connectivity index (χ1n) is 18.8. The number of aryl methyl sites for hydroxylation is 1. The zero-order valence-electron chi connectivity index (χ0n) is 31.1. The minimum atomic E-state index is -3.18. The van der Waals surface area contributed by atoms with Gasteiger partial charge in [0.05, 0.1) is 48.0 Å². The summed E-state index contributed by atoms with van der Waals surface area (Å²) in [5.41, 5.74) is 3.62. The van der Waals surface area contributed by atoms with E-state index in [1.54, 1.807) is 33.9 Å². The number of para-hydroxylation sites is 1. The van der Waals surface area contributed by atoms with Gasteiger partial charge in [0.2, 0.25) is 11.8 Å². The van der Waals surface area contributed by atoms with E-state index in [4.69, 9.17) is 4.74 Å². The molecule has 3 amide bonds. The molecule has 5 atom stereocenters. The lowest BCUT2D eigenvalue weighted by molar-refractivity contribution is -0.385. The molecule has 0 bridgehead atoms. The molecule has 8 rings (SSSR count). The molecule has 4 heterocycles. The molecule has 55 heavy (non-hydrogen) atoms. The minimum absolute atomic E-state index is 0.0284. The highest BCUT2D eigenvalue weighted by atomic mass is 28.4. The summed E-state index contributed by atoms with van der Waals surface area (Å²) in [6.45, 7) is 5.53. The normalized spacial score (nSPS) is 24.6. The molecule has 4 aromatic carbocycles. The molecule has 4 aliphatic heterocycles. The minimum Gasteiger partial charge on any atom is -0.432 e. The number of amides is 3. The number of aliphatic hydroxyl groups excluding tert-OH is 1. The maximum Gasteiger partial charge on any atom is 0.269 e. The second kappa shape index (κ2) is 13.8. The Bertz CT molecular complexity index is 2220. The van der Waals surface area contributed by atoms with Crippen LogP contribution in [-0.2, 0) is 50.7 Å². The van der Waals surface area contributed by atoms with Crippen molar-refractivity contribution in [1.29, 1.82) is 0 Å². The molecule has 4 aliphatic rings. The van der Waals surface area contributed by atoms with Crippen molar-refractivity contribution in [2.45, 2.75) is 82.1 Å². The number of fused-ring (bicyclic) bond motifs is 4. The number of ether oxygens (including phenoxy) is 1. The summed E-state index contributed by atoms with van der Waals surface area (Å²) in [5, 5.41) is 22.4. The molecule has 1 saturated heterocycles. The molecule has 4 aromatic rings. The van der Waals surface area contributed by atoms with Crippen LogP contribution in [0.3, 0.4) is 0 Å². The van der Waals surface area contributed by atoms with Gasteiger partial charge < -0.3 is 24.4 Å². The molecule has 0 aromatic heterocycles. The standard InChI is InChI=1S/C42H44N4O8Si/c1-26-40(55(2,3)53)37(22-39(49)43-24-30-12-5-4-11-29(30)20-33(43)25-47)54-42(26)34-21-32(46(51)52)16-17-36(34)44(41(42)50)23-27-9-8-13-31(19-27)45-35-14-7-6-10-28(35)15-18-38(45)48/h4-14,16-17,19,21,26,33,37,40,47,53H,15,18,20,22-25H2,1-3H3/t26-,33+,37+,40-,42+/m1/s1. The van der Waals surface area contributed by atoms with E-state index in [9.17, 15) is 29.6 Å². The molecule has 2 N–H and O–H groups in total. The van der Waals surface area contributed by atoms with Gasteiger partial charge in [-0.05, 0) is 72.5 Å². The lowest BCUT2D eigenvalue weighted by atomic mass is 9.82. The van der Waals surface area contributed by atoms with Crippen molar-refractivity contribution in [2.24, 2.45) is 5.92 Å². The Balaban J connectivity index is 1.15. The first-order valence-corrected chi connectivity index (χ1v) is 21.8. The highest BCUT2D eigenvalue weighted by molar-refractivity contribution is 6.71. The summed E-state index contributed by atoms with van der Waals surface area (Å²) < 4.78 is 6.87. The Morgan fingerprint density at radius 3 is 2.40 bits per heavy atom. The average Bonchev–Trinajstić information content (AvgIpc) is 3.59. The molecule has 12 nitrogen and oxygen atoms in total. The maximum atomic E-state index is 15.1. The zero-order chi connectivity index (χ0) is 38.8. The molecule has 1 spiro atoms. The molecule has 0 radical (unpaired) electrons. The van der Waals surface area contributed by atoms with Crippen LogP contribution in [0.15, 0.2) is 91.0 Å². The third-order valence-corrected chi connectivity index (χ3v) is 14.5. The summed E-state index contributed by atoms with van der Waals surface area (Å²) in [5.74, 6) is -1.38. The van der Waals surface area contributed by atoms with Crippen LogP contribution < -0.4 is 9.80 Å². The van der Waals surface area contributed by atoms with Gasteiger partial charge in [0, 0.05) is 47.8 Å². The number of non-ortho nitro benzene ring substituents is 1. The van der Waals surface area contributed by atoms with Gasteiger partial charge in [-0.1, -0.05) is 61.5 Å². The fourth-order valence-electron chi connectivity index (χ4n) is 9.56. The first-order chi connectivity index (χ1) is 26.3. The van der Waals surface area contributed by atoms with Gasteiger partial charge in [0.15, 0.2) is 13.9 Å². The fraction of sp³-hybridized carbons (Fsp3) is 0.357.